The number of hydrogen-bond donors (Lipinski definition) is 0. The summed E-state index contributed by atoms with van der Waals surface area (Å²) >= 11 is 0. The van der Waals surface area contributed by atoms with E-state index in [0.717, 1.165) is 0 Å². The standard InChI is InChI=1S/Mn.4H2O/h;4*1H2/p-4. The van der Waals surface area contributed by atoms with Crippen molar-refractivity contribution >= 4 is 0 Å². The summed E-state index contributed by atoms with van der Waals surface area (Å²) in [6.45, 7) is 0. The van der Waals surface area contributed by atoms with Crippen molar-refractivity contribution in [2.45, 2.75) is 0 Å². The van der Waals surface area contributed by atoms with E-state index >= 15 is 0 Å². The second-order valence-electron chi connectivity index (χ2n) is 0. The van der Waals surface area contributed by atoms with Crippen molar-refractivity contribution in [2.24, 2.45) is 0 Å². The summed E-state index contributed by atoms with van der Waals surface area (Å²) in [5, 5.41) is 0. The van der Waals surface area contributed by atoms with Gasteiger partial charge in [-0.25, -0.2) is 0 Å². The molecule has 0 bridgehead atoms. The summed E-state index contributed by atoms with van der Waals surface area (Å²) in [4.78, 5) is 0. The van der Waals surface area contributed by atoms with E-state index in [1.54, 1.807) is 0 Å². The Morgan fingerprint density at radius 3 is 0.400 bits per heavy atom. The molecule has 4 nitrogen and oxygen atoms in total. The molecule has 0 aliphatic rings. The summed E-state index contributed by atoms with van der Waals surface area (Å²) in [7, 11) is 0. The van der Waals surface area contributed by atoms with E-state index in [0.29, 0.717) is 0 Å². The molecule has 1 radical (unpaired) electrons. The average Bonchev–Trinajstić information content (AvgIpc) is 0. The Morgan fingerprint density at radius 2 is 0.400 bits per heavy atom. The van der Waals surface area contributed by atoms with Crippen molar-refractivity contribution in [3.8, 4) is 0 Å². The summed E-state index contributed by atoms with van der Waals surface area (Å²) in [5.41, 5.74) is 0. The smallest absolute Gasteiger partial charge is 0 e. The second-order valence-corrected chi connectivity index (χ2v) is 0. The van der Waals surface area contributed by atoms with E-state index in [9.17, 15) is 0 Å². The normalized spacial score (nSPS) is 0. The molecule has 5 heteroatoms. The molecule has 0 aliphatic carbocycles. The van der Waals surface area contributed by atoms with Crippen LogP contribution >= 0.6 is 0 Å². The van der Waals surface area contributed by atoms with Gasteiger partial charge in [0.1, 0.15) is 0 Å². The molecule has 5 heavy (non-hydrogen) atoms. The maximum atomic E-state index is 0. The first-order valence-corrected chi connectivity index (χ1v) is 0. The van der Waals surface area contributed by atoms with Gasteiger partial charge in [-0.3, -0.25) is 0 Å². The molecule has 0 atom stereocenters. The van der Waals surface area contributed by atoms with Crippen LogP contribution in [0.5, 0.6) is 0 Å². The maximum absolute atomic E-state index is 0. The van der Waals surface area contributed by atoms with Crippen molar-refractivity contribution in [1.82, 2.24) is 0 Å². The Bertz CT molecular complexity index is 3.61. The molecule has 0 saturated heterocycles. The summed E-state index contributed by atoms with van der Waals surface area (Å²) in [6.07, 6.45) is 0. The Kier molecular flexibility index (Phi) is 60000. The fraction of sp³-hybridized carbons (Fsp3) is 0. The van der Waals surface area contributed by atoms with Gasteiger partial charge in [0.05, 0.1) is 0 Å². The minimum absolute atomic E-state index is 0. The summed E-state index contributed by atoms with van der Waals surface area (Å²) < 4.78 is 0. The summed E-state index contributed by atoms with van der Waals surface area (Å²) in [6, 6.07) is 0. The van der Waals surface area contributed by atoms with Crippen LogP contribution in [-0.4, -0.2) is 21.9 Å². The predicted octanol–water partition coefficient (Wildman–Crippen LogP) is -0.710. The first-order valence-electron chi connectivity index (χ1n) is 0. The summed E-state index contributed by atoms with van der Waals surface area (Å²) in [5.74, 6) is 0. The third kappa shape index (κ3) is 188. The maximum Gasteiger partial charge on any atom is 0 e. The molecule has 0 spiro atoms. The van der Waals surface area contributed by atoms with Crippen molar-refractivity contribution in [1.29, 1.82) is 0 Å². The van der Waals surface area contributed by atoms with Crippen LogP contribution < -0.4 is 0 Å². The average molecular weight is 123 g/mol. The SMILES string of the molecule is [Mn].[OH-].[OH-].[OH-].[OH-]. The molecule has 0 unspecified atom stereocenters. The molecule has 4 N–H and O–H groups in total. The largest absolute Gasteiger partial charge is 0.870 e. The van der Waals surface area contributed by atoms with Crippen molar-refractivity contribution in [3.63, 3.8) is 0 Å². The Labute approximate surface area is 39.9 Å². The molecular formula is H4MnO4-4. The zero-order valence-electron chi connectivity index (χ0n) is 2.17. The Balaban J connectivity index is 0. The van der Waals surface area contributed by atoms with Crippen molar-refractivity contribution in [3.05, 3.63) is 0 Å². The second kappa shape index (κ2) is 381. The first kappa shape index (κ1) is 788. The fourth-order valence-electron chi connectivity index (χ4n) is 0. The molecule has 0 aliphatic heterocycles. The van der Waals surface area contributed by atoms with Crippen molar-refractivity contribution in [2.75, 3.05) is 0 Å². The van der Waals surface area contributed by atoms with Crippen LogP contribution in [0.2, 0.25) is 0 Å². The van der Waals surface area contributed by atoms with Crippen LogP contribution in [0.15, 0.2) is 0 Å². The first-order chi connectivity index (χ1) is 0. The van der Waals surface area contributed by atoms with E-state index in [2.05, 4.69) is 0 Å². The van der Waals surface area contributed by atoms with E-state index < -0.39 is 0 Å². The zero-order chi connectivity index (χ0) is 0. The van der Waals surface area contributed by atoms with Crippen LogP contribution in [0.4, 0.5) is 0 Å². The van der Waals surface area contributed by atoms with Gasteiger partial charge < -0.3 is 21.9 Å². The van der Waals surface area contributed by atoms with E-state index in [-0.39, 0.29) is 39.0 Å². The van der Waals surface area contributed by atoms with Gasteiger partial charge >= 0.3 is 0 Å². The Hall–Kier alpha value is 0.359. The fourth-order valence-corrected chi connectivity index (χ4v) is 0. The van der Waals surface area contributed by atoms with E-state index in [1.807, 2.05) is 0 Å². The van der Waals surface area contributed by atoms with Crippen LogP contribution in [0.1, 0.15) is 0 Å². The molecule has 0 heterocycles. The minimum atomic E-state index is 0. The van der Waals surface area contributed by atoms with Crippen LogP contribution in [0, 0.1) is 0 Å². The molecular weight excluding hydrogens is 119 g/mol. The van der Waals surface area contributed by atoms with Gasteiger partial charge in [-0.2, -0.15) is 0 Å². The molecule has 0 fully saturated rings. The number of hydrogen-bond acceptors (Lipinski definition) is 4. The topological polar surface area (TPSA) is 120 Å². The van der Waals surface area contributed by atoms with Gasteiger partial charge in [0.15, 0.2) is 0 Å². The minimum Gasteiger partial charge on any atom is -0.870 e. The molecule has 0 aromatic carbocycles. The number of rotatable bonds is 0. The third-order valence-electron chi connectivity index (χ3n) is 0. The molecule has 0 aromatic rings. The molecule has 0 saturated carbocycles. The van der Waals surface area contributed by atoms with Crippen molar-refractivity contribution < 1.29 is 39.0 Å². The Morgan fingerprint density at radius 1 is 0.400 bits per heavy atom. The van der Waals surface area contributed by atoms with Gasteiger partial charge in [-0.1, -0.05) is 0 Å². The van der Waals surface area contributed by atoms with E-state index in [4.69, 9.17) is 0 Å². The van der Waals surface area contributed by atoms with Gasteiger partial charge in [0.25, 0.3) is 0 Å². The predicted molar refractivity (Wildman–Crippen MR) is 7.74 cm³/mol. The van der Waals surface area contributed by atoms with Crippen LogP contribution in [0.25, 0.3) is 0 Å². The quantitative estimate of drug-likeness (QED) is 0.395. The monoisotopic (exact) mass is 123 g/mol. The van der Waals surface area contributed by atoms with Crippen LogP contribution in [0.3, 0.4) is 0 Å². The molecule has 0 amide bonds. The zero-order valence-corrected chi connectivity index (χ0v) is 3.35. The molecule has 39 valence electrons. The van der Waals surface area contributed by atoms with Gasteiger partial charge in [-0.15, -0.1) is 0 Å². The van der Waals surface area contributed by atoms with Crippen LogP contribution in [-0.2, 0) is 17.1 Å². The van der Waals surface area contributed by atoms with Gasteiger partial charge in [0, 0.05) is 17.1 Å². The van der Waals surface area contributed by atoms with Gasteiger partial charge in [-0.05, 0) is 0 Å². The molecule has 0 rings (SSSR count). The third-order valence-corrected chi connectivity index (χ3v) is 0. The van der Waals surface area contributed by atoms with E-state index in [1.165, 1.54) is 0 Å². The molecule has 0 aromatic heterocycles. The van der Waals surface area contributed by atoms with Gasteiger partial charge in [0.2, 0.25) is 0 Å².